The van der Waals surface area contributed by atoms with E-state index in [0.29, 0.717) is 18.8 Å². The first kappa shape index (κ1) is 20.5. The largest absolute Gasteiger partial charge is 0.346 e. The molecule has 4 rings (SSSR count). The number of nitrogens with one attached hydrogen (secondary N) is 1. The Morgan fingerprint density at radius 1 is 1.10 bits per heavy atom. The van der Waals surface area contributed by atoms with Gasteiger partial charge in [0, 0.05) is 12.0 Å². The van der Waals surface area contributed by atoms with Crippen LogP contribution in [0.1, 0.15) is 37.7 Å². The first-order valence-electron chi connectivity index (χ1n) is 10.3. The molecule has 2 aromatic carbocycles. The van der Waals surface area contributed by atoms with E-state index in [-0.39, 0.29) is 11.7 Å². The molecule has 2 aromatic heterocycles. The summed E-state index contributed by atoms with van der Waals surface area (Å²) in [6, 6.07) is 16.2. The lowest BCUT2D eigenvalue weighted by Gasteiger charge is -2.09. The van der Waals surface area contributed by atoms with Gasteiger partial charge in [-0.3, -0.25) is 4.57 Å². The van der Waals surface area contributed by atoms with E-state index in [0.717, 1.165) is 34.5 Å². The van der Waals surface area contributed by atoms with Crippen molar-refractivity contribution in [2.75, 3.05) is 0 Å². The third kappa shape index (κ3) is 4.23. The van der Waals surface area contributed by atoms with Crippen LogP contribution in [0, 0.1) is 0 Å². The summed E-state index contributed by atoms with van der Waals surface area (Å²) < 4.78 is 3.31. The van der Waals surface area contributed by atoms with Crippen LogP contribution >= 0.6 is 0 Å². The highest BCUT2D eigenvalue weighted by Gasteiger charge is 2.15. The lowest BCUT2D eigenvalue weighted by Crippen LogP contribution is -2.27. The van der Waals surface area contributed by atoms with E-state index in [1.807, 2.05) is 56.3 Å². The van der Waals surface area contributed by atoms with Crippen molar-refractivity contribution >= 4 is 0 Å². The van der Waals surface area contributed by atoms with Gasteiger partial charge in [0.15, 0.2) is 5.82 Å². The smallest absolute Gasteiger partial charge is 0.274 e. The van der Waals surface area contributed by atoms with Gasteiger partial charge in [0.25, 0.3) is 0 Å². The van der Waals surface area contributed by atoms with Crippen LogP contribution in [0.2, 0.25) is 0 Å². The Bertz CT molecular complexity index is 1220. The first-order valence-corrected chi connectivity index (χ1v) is 10.3. The van der Waals surface area contributed by atoms with Crippen molar-refractivity contribution in [1.82, 2.24) is 35.0 Å². The lowest BCUT2D eigenvalue weighted by atomic mass is 9.98. The molecule has 158 valence electrons. The predicted molar refractivity (Wildman–Crippen MR) is 120 cm³/mol. The molecule has 0 radical (unpaired) electrons. The average Bonchev–Trinajstić information content (AvgIpc) is 3.42. The standard InChI is InChI=1S/C23H25N7O/c1-4-5-10-21-26-30(16(2)3)23(31)29(21)15-17-11-13-18(14-12-17)19-8-6-7-9-20(19)22-24-27-28-25-22/h4,6-9,11-14,16H,1,5,10,15H2,2-3H3,(H,24,25,27,28). The molecule has 0 fully saturated rings. The minimum Gasteiger partial charge on any atom is -0.274 e. The Balaban J connectivity index is 1.64. The van der Waals surface area contributed by atoms with Crippen LogP contribution in [0.3, 0.4) is 0 Å². The Labute approximate surface area is 180 Å². The summed E-state index contributed by atoms with van der Waals surface area (Å²) in [4.78, 5) is 12.9. The number of benzene rings is 2. The molecule has 31 heavy (non-hydrogen) atoms. The van der Waals surface area contributed by atoms with Crippen LogP contribution in [0.15, 0.2) is 66.0 Å². The van der Waals surface area contributed by atoms with Gasteiger partial charge in [0.2, 0.25) is 0 Å². The quantitative estimate of drug-likeness (QED) is 0.443. The summed E-state index contributed by atoms with van der Waals surface area (Å²) in [5, 5.41) is 18.8. The second-order valence-electron chi connectivity index (χ2n) is 7.64. The highest BCUT2D eigenvalue weighted by molar-refractivity contribution is 5.80. The number of hydrogen-bond donors (Lipinski definition) is 1. The van der Waals surface area contributed by atoms with Crippen LogP contribution in [0.4, 0.5) is 0 Å². The molecule has 0 amide bonds. The van der Waals surface area contributed by atoms with Crippen molar-refractivity contribution in [3.63, 3.8) is 0 Å². The van der Waals surface area contributed by atoms with E-state index < -0.39 is 0 Å². The minimum atomic E-state index is -0.0821. The number of aromatic nitrogens is 7. The van der Waals surface area contributed by atoms with E-state index in [4.69, 9.17) is 0 Å². The molecular weight excluding hydrogens is 390 g/mol. The van der Waals surface area contributed by atoms with E-state index >= 15 is 0 Å². The molecule has 0 atom stereocenters. The minimum absolute atomic E-state index is 0.0145. The lowest BCUT2D eigenvalue weighted by molar-refractivity contribution is 0.505. The molecular formula is C23H25N7O. The first-order chi connectivity index (χ1) is 15.1. The van der Waals surface area contributed by atoms with Gasteiger partial charge in [-0.2, -0.15) is 5.10 Å². The maximum absolute atomic E-state index is 12.9. The molecule has 0 saturated carbocycles. The zero-order valence-corrected chi connectivity index (χ0v) is 17.7. The highest BCUT2D eigenvalue weighted by Crippen LogP contribution is 2.29. The Morgan fingerprint density at radius 2 is 1.84 bits per heavy atom. The maximum Gasteiger partial charge on any atom is 0.346 e. The number of aryl methyl sites for hydroxylation is 1. The molecule has 0 bridgehead atoms. The molecule has 0 aliphatic rings. The molecule has 1 N–H and O–H groups in total. The van der Waals surface area contributed by atoms with Gasteiger partial charge in [0.1, 0.15) is 5.82 Å². The fourth-order valence-corrected chi connectivity index (χ4v) is 3.55. The third-order valence-corrected chi connectivity index (χ3v) is 5.16. The van der Waals surface area contributed by atoms with E-state index in [1.54, 1.807) is 9.25 Å². The predicted octanol–water partition coefficient (Wildman–Crippen LogP) is 3.64. The summed E-state index contributed by atoms with van der Waals surface area (Å²) in [6.07, 6.45) is 3.31. The SMILES string of the molecule is C=CCCc1nn(C(C)C)c(=O)n1Cc1ccc(-c2ccccc2-c2nnn[nH]2)cc1. The Morgan fingerprint density at radius 3 is 2.48 bits per heavy atom. The summed E-state index contributed by atoms with van der Waals surface area (Å²) in [7, 11) is 0. The molecule has 0 saturated heterocycles. The molecule has 0 aliphatic heterocycles. The molecule has 8 heteroatoms. The van der Waals surface area contributed by atoms with Crippen molar-refractivity contribution in [2.24, 2.45) is 0 Å². The zero-order chi connectivity index (χ0) is 21.8. The number of H-pyrrole nitrogens is 1. The summed E-state index contributed by atoms with van der Waals surface area (Å²) in [6.45, 7) is 8.19. The summed E-state index contributed by atoms with van der Waals surface area (Å²) in [5.41, 5.74) is 3.97. The van der Waals surface area contributed by atoms with Crippen molar-refractivity contribution < 1.29 is 0 Å². The Kier molecular flexibility index (Phi) is 5.88. The average molecular weight is 416 g/mol. The van der Waals surface area contributed by atoms with Crippen molar-refractivity contribution in [3.05, 3.63) is 83.1 Å². The monoisotopic (exact) mass is 415 g/mol. The zero-order valence-electron chi connectivity index (χ0n) is 17.7. The molecule has 0 aliphatic carbocycles. The van der Waals surface area contributed by atoms with Gasteiger partial charge in [-0.05, 0) is 47.4 Å². The molecule has 8 nitrogen and oxygen atoms in total. The van der Waals surface area contributed by atoms with Gasteiger partial charge < -0.3 is 0 Å². The molecule has 0 spiro atoms. The van der Waals surface area contributed by atoms with E-state index in [9.17, 15) is 4.79 Å². The topological polar surface area (TPSA) is 94.3 Å². The van der Waals surface area contributed by atoms with Crippen molar-refractivity contribution in [3.8, 4) is 22.5 Å². The maximum atomic E-state index is 12.9. The normalized spacial score (nSPS) is 11.2. The van der Waals surface area contributed by atoms with E-state index in [2.05, 4.69) is 44.4 Å². The Hall–Kier alpha value is -3.81. The molecule has 2 heterocycles. The number of hydrogen-bond acceptors (Lipinski definition) is 5. The van der Waals surface area contributed by atoms with Crippen LogP contribution in [-0.4, -0.2) is 35.0 Å². The third-order valence-electron chi connectivity index (χ3n) is 5.16. The number of tetrazole rings is 1. The second-order valence-corrected chi connectivity index (χ2v) is 7.64. The van der Waals surface area contributed by atoms with Gasteiger partial charge in [-0.25, -0.2) is 14.6 Å². The number of nitrogens with zero attached hydrogens (tertiary/aromatic N) is 6. The summed E-state index contributed by atoms with van der Waals surface area (Å²) >= 11 is 0. The van der Waals surface area contributed by atoms with Crippen LogP contribution in [0.25, 0.3) is 22.5 Å². The second kappa shape index (κ2) is 8.91. The van der Waals surface area contributed by atoms with Gasteiger partial charge in [-0.15, -0.1) is 11.7 Å². The fraction of sp³-hybridized carbons (Fsp3) is 0.261. The van der Waals surface area contributed by atoms with Crippen molar-refractivity contribution in [1.29, 1.82) is 0 Å². The number of allylic oxidation sites excluding steroid dienone is 1. The van der Waals surface area contributed by atoms with E-state index in [1.165, 1.54) is 0 Å². The summed E-state index contributed by atoms with van der Waals surface area (Å²) in [5.74, 6) is 1.41. The highest BCUT2D eigenvalue weighted by atomic mass is 16.2. The van der Waals surface area contributed by atoms with Crippen LogP contribution in [0.5, 0.6) is 0 Å². The number of rotatable bonds is 8. The van der Waals surface area contributed by atoms with Crippen LogP contribution < -0.4 is 5.69 Å². The van der Waals surface area contributed by atoms with Gasteiger partial charge in [-0.1, -0.05) is 54.6 Å². The van der Waals surface area contributed by atoms with Gasteiger partial charge >= 0.3 is 5.69 Å². The van der Waals surface area contributed by atoms with Crippen molar-refractivity contribution in [2.45, 2.75) is 39.3 Å². The molecule has 4 aromatic rings. The van der Waals surface area contributed by atoms with Gasteiger partial charge in [0.05, 0.1) is 12.6 Å². The van der Waals surface area contributed by atoms with Crippen LogP contribution in [-0.2, 0) is 13.0 Å². The number of aromatic amines is 1. The fourth-order valence-electron chi connectivity index (χ4n) is 3.55. The molecule has 0 unspecified atom stereocenters.